The van der Waals surface area contributed by atoms with Crippen LogP contribution in [-0.4, -0.2) is 41.2 Å². The molecule has 0 spiro atoms. The maximum Gasteiger partial charge on any atom is 0.200 e. The fraction of sp³-hybridized carbons (Fsp3) is 0.286. The number of hydrogen-bond donors (Lipinski definition) is 1. The number of nitrogens with one attached hydrogen (secondary N) is 1. The van der Waals surface area contributed by atoms with Crippen LogP contribution in [0.3, 0.4) is 0 Å². The molecular formula is C14H15NO5S. The molecule has 2 aromatic rings. The number of Topliss-reactive ketones (excluding diaryl/α,β-unsaturated/α-hetero) is 1. The van der Waals surface area contributed by atoms with Crippen LogP contribution in [0.5, 0.6) is 11.5 Å². The van der Waals surface area contributed by atoms with Gasteiger partial charge in [0.15, 0.2) is 22.7 Å². The van der Waals surface area contributed by atoms with Crippen LogP contribution < -0.4 is 14.9 Å². The number of carbonyl (C=O) groups excluding carboxylic acids is 1. The van der Waals surface area contributed by atoms with E-state index in [2.05, 4.69) is 4.98 Å². The molecule has 1 heterocycles. The summed E-state index contributed by atoms with van der Waals surface area (Å²) in [6.45, 7) is 0. The van der Waals surface area contributed by atoms with Crippen molar-refractivity contribution in [2.45, 2.75) is 0 Å². The van der Waals surface area contributed by atoms with Crippen LogP contribution in [0.25, 0.3) is 10.9 Å². The molecule has 1 atom stereocenters. The van der Waals surface area contributed by atoms with Crippen LogP contribution in [0.1, 0.15) is 10.4 Å². The van der Waals surface area contributed by atoms with Crippen LogP contribution >= 0.6 is 0 Å². The number of aromatic nitrogens is 1. The van der Waals surface area contributed by atoms with E-state index in [0.29, 0.717) is 22.4 Å². The van der Waals surface area contributed by atoms with E-state index in [0.717, 1.165) is 0 Å². The molecule has 0 radical (unpaired) electrons. The Kier molecular flexibility index (Phi) is 4.42. The van der Waals surface area contributed by atoms with E-state index >= 15 is 0 Å². The third-order valence-corrected chi connectivity index (χ3v) is 3.69. The highest BCUT2D eigenvalue weighted by atomic mass is 32.2. The largest absolute Gasteiger partial charge is 0.493 e. The summed E-state index contributed by atoms with van der Waals surface area (Å²) in [5.41, 5.74) is 0.108. The van der Waals surface area contributed by atoms with Crippen LogP contribution in [0, 0.1) is 0 Å². The van der Waals surface area contributed by atoms with E-state index in [9.17, 15) is 13.8 Å². The van der Waals surface area contributed by atoms with Crippen LogP contribution in [0.4, 0.5) is 0 Å². The van der Waals surface area contributed by atoms with Gasteiger partial charge in [-0.3, -0.25) is 13.8 Å². The lowest BCUT2D eigenvalue weighted by Crippen LogP contribution is -2.20. The summed E-state index contributed by atoms with van der Waals surface area (Å²) in [5, 5.41) is 0.320. The molecule has 0 saturated carbocycles. The molecule has 0 unspecified atom stereocenters. The second-order valence-electron chi connectivity index (χ2n) is 4.42. The molecule has 0 amide bonds. The molecular weight excluding hydrogens is 294 g/mol. The van der Waals surface area contributed by atoms with Crippen molar-refractivity contribution in [1.29, 1.82) is 0 Å². The monoisotopic (exact) mass is 309 g/mol. The maximum absolute atomic E-state index is 12.4. The highest BCUT2D eigenvalue weighted by molar-refractivity contribution is 7.85. The van der Waals surface area contributed by atoms with Gasteiger partial charge in [0.25, 0.3) is 0 Å². The SMILES string of the molecule is COc1cc2[nH]cc(C(=O)C[S@@](C)=O)c(=O)c2cc1OC. The summed E-state index contributed by atoms with van der Waals surface area (Å²) in [4.78, 5) is 27.2. The van der Waals surface area contributed by atoms with Gasteiger partial charge in [-0.05, 0) is 6.07 Å². The molecule has 0 saturated heterocycles. The number of pyridine rings is 1. The van der Waals surface area contributed by atoms with Crippen molar-refractivity contribution in [3.05, 3.63) is 34.1 Å². The van der Waals surface area contributed by atoms with E-state index in [4.69, 9.17) is 9.47 Å². The van der Waals surface area contributed by atoms with Gasteiger partial charge in [-0.1, -0.05) is 0 Å². The molecule has 0 aliphatic heterocycles. The van der Waals surface area contributed by atoms with E-state index < -0.39 is 22.0 Å². The number of benzene rings is 1. The summed E-state index contributed by atoms with van der Waals surface area (Å²) in [6, 6.07) is 3.15. The van der Waals surface area contributed by atoms with Gasteiger partial charge in [0.2, 0.25) is 0 Å². The molecule has 1 N–H and O–H groups in total. The Morgan fingerprint density at radius 2 is 1.86 bits per heavy atom. The van der Waals surface area contributed by atoms with E-state index in [-0.39, 0.29) is 11.3 Å². The summed E-state index contributed by atoms with van der Waals surface area (Å²) in [7, 11) is 1.67. The van der Waals surface area contributed by atoms with Gasteiger partial charge in [-0.15, -0.1) is 0 Å². The molecule has 1 aromatic heterocycles. The molecule has 0 bridgehead atoms. The summed E-state index contributed by atoms with van der Waals surface area (Å²) < 4.78 is 21.4. The Labute approximate surface area is 123 Å². The van der Waals surface area contributed by atoms with E-state index in [1.165, 1.54) is 32.7 Å². The first-order chi connectivity index (χ1) is 9.97. The minimum Gasteiger partial charge on any atom is -0.493 e. The molecule has 7 heteroatoms. The van der Waals surface area contributed by atoms with Crippen molar-refractivity contribution in [2.75, 3.05) is 26.2 Å². The Morgan fingerprint density at radius 3 is 2.43 bits per heavy atom. The average molecular weight is 309 g/mol. The molecule has 112 valence electrons. The number of carbonyl (C=O) groups is 1. The number of ether oxygens (including phenoxy) is 2. The normalized spacial score (nSPS) is 12.1. The zero-order valence-electron chi connectivity index (χ0n) is 11.9. The highest BCUT2D eigenvalue weighted by Crippen LogP contribution is 2.30. The van der Waals surface area contributed by atoms with Gasteiger partial charge in [-0.25, -0.2) is 0 Å². The van der Waals surface area contributed by atoms with E-state index in [1.54, 1.807) is 6.07 Å². The number of rotatable bonds is 5. The van der Waals surface area contributed by atoms with Crippen molar-refractivity contribution in [3.8, 4) is 11.5 Å². The molecule has 6 nitrogen and oxygen atoms in total. The predicted octanol–water partition coefficient (Wildman–Crippen LogP) is 1.11. The maximum atomic E-state index is 12.4. The van der Waals surface area contributed by atoms with Crippen LogP contribution in [-0.2, 0) is 10.8 Å². The number of methoxy groups -OCH3 is 2. The first-order valence-corrected chi connectivity index (χ1v) is 7.81. The zero-order chi connectivity index (χ0) is 15.6. The molecule has 0 fully saturated rings. The van der Waals surface area contributed by atoms with Gasteiger partial charge in [-0.2, -0.15) is 0 Å². The van der Waals surface area contributed by atoms with Gasteiger partial charge < -0.3 is 14.5 Å². The van der Waals surface area contributed by atoms with Crippen molar-refractivity contribution < 1.29 is 18.5 Å². The van der Waals surface area contributed by atoms with Gasteiger partial charge in [0.1, 0.15) is 0 Å². The summed E-state index contributed by atoms with van der Waals surface area (Å²) in [5.74, 6) is 0.254. The Balaban J connectivity index is 2.64. The summed E-state index contributed by atoms with van der Waals surface area (Å²) in [6.07, 6.45) is 2.76. The smallest absolute Gasteiger partial charge is 0.200 e. The topological polar surface area (TPSA) is 85.5 Å². The summed E-state index contributed by atoms with van der Waals surface area (Å²) >= 11 is 0. The van der Waals surface area contributed by atoms with Crippen molar-refractivity contribution in [3.63, 3.8) is 0 Å². The quantitative estimate of drug-likeness (QED) is 0.836. The highest BCUT2D eigenvalue weighted by Gasteiger charge is 2.16. The Bertz CT molecular complexity index is 781. The molecule has 0 aliphatic carbocycles. The van der Waals surface area contributed by atoms with Crippen molar-refractivity contribution in [2.24, 2.45) is 0 Å². The van der Waals surface area contributed by atoms with Gasteiger partial charge in [0, 0.05) is 29.3 Å². The minimum absolute atomic E-state index is 0.00933. The standard InChI is InChI=1S/C14H15NO5S/c1-19-12-4-8-10(5-13(12)20-2)15-6-9(14(8)17)11(16)7-21(3)18/h4-6H,7H2,1-3H3,(H,15,17)/t21-/m1/s1. The van der Waals surface area contributed by atoms with Crippen LogP contribution in [0.2, 0.25) is 0 Å². The fourth-order valence-corrected chi connectivity index (χ4v) is 2.54. The number of ketones is 1. The van der Waals surface area contributed by atoms with Gasteiger partial charge in [0.05, 0.1) is 36.4 Å². The average Bonchev–Trinajstić information content (AvgIpc) is 2.45. The first kappa shape index (κ1) is 15.2. The molecule has 21 heavy (non-hydrogen) atoms. The third-order valence-electron chi connectivity index (χ3n) is 3.02. The lowest BCUT2D eigenvalue weighted by molar-refractivity contribution is 0.102. The first-order valence-electron chi connectivity index (χ1n) is 6.08. The molecule has 2 rings (SSSR count). The number of hydrogen-bond acceptors (Lipinski definition) is 5. The Morgan fingerprint density at radius 1 is 1.24 bits per heavy atom. The number of H-pyrrole nitrogens is 1. The predicted molar refractivity (Wildman–Crippen MR) is 80.9 cm³/mol. The zero-order valence-corrected chi connectivity index (χ0v) is 12.7. The van der Waals surface area contributed by atoms with Crippen molar-refractivity contribution >= 4 is 27.5 Å². The molecule has 1 aromatic carbocycles. The van der Waals surface area contributed by atoms with Crippen molar-refractivity contribution in [1.82, 2.24) is 4.98 Å². The second kappa shape index (κ2) is 6.09. The third kappa shape index (κ3) is 2.97. The number of fused-ring (bicyclic) bond motifs is 1. The minimum atomic E-state index is -1.30. The van der Waals surface area contributed by atoms with E-state index in [1.807, 2.05) is 0 Å². The lowest BCUT2D eigenvalue weighted by Gasteiger charge is -2.09. The lowest BCUT2D eigenvalue weighted by atomic mass is 10.1. The Hall–Kier alpha value is -2.15. The second-order valence-corrected chi connectivity index (χ2v) is 5.86. The van der Waals surface area contributed by atoms with Crippen LogP contribution in [0.15, 0.2) is 23.1 Å². The molecule has 0 aliphatic rings. The number of aromatic amines is 1. The van der Waals surface area contributed by atoms with Gasteiger partial charge >= 0.3 is 0 Å². The fourth-order valence-electron chi connectivity index (χ4n) is 2.02.